The molecule has 0 aliphatic rings. The van der Waals surface area contributed by atoms with Crippen LogP contribution in [0.25, 0.3) is 0 Å². The minimum Gasteiger partial charge on any atom is -0.330 e. The number of hydrogen-bond donors (Lipinski definition) is 1. The molecule has 0 aliphatic carbocycles. The normalized spacial score (nSPS) is 12.9. The molecule has 0 saturated heterocycles. The molecule has 0 bridgehead atoms. The van der Waals surface area contributed by atoms with Crippen molar-refractivity contribution in [2.24, 2.45) is 5.73 Å². The first-order valence-corrected chi connectivity index (χ1v) is 4.67. The second-order valence-electron chi connectivity index (χ2n) is 3.52. The van der Waals surface area contributed by atoms with Crippen LogP contribution in [-0.2, 0) is 0 Å². The summed E-state index contributed by atoms with van der Waals surface area (Å²) < 4.78 is 26.9. The minimum absolute atomic E-state index is 0.154. The number of halogens is 2. The maximum Gasteiger partial charge on any atom is 0.129 e. The number of benzene rings is 1. The van der Waals surface area contributed by atoms with E-state index < -0.39 is 12.0 Å². The van der Waals surface area contributed by atoms with Crippen molar-refractivity contribution < 1.29 is 8.78 Å². The molecule has 0 amide bonds. The number of hydrogen-bond acceptors (Lipinski definition) is 1. The summed E-state index contributed by atoms with van der Waals surface area (Å²) in [6, 6.07) is 3.13. The molecule has 2 N–H and O–H groups in total. The maximum atomic E-state index is 13.5. The molecule has 1 rings (SSSR count). The van der Waals surface area contributed by atoms with Crippen LogP contribution < -0.4 is 5.73 Å². The van der Waals surface area contributed by atoms with Gasteiger partial charge in [0.25, 0.3) is 0 Å². The molecule has 0 heterocycles. The van der Waals surface area contributed by atoms with Gasteiger partial charge in [-0.15, -0.1) is 0 Å². The van der Waals surface area contributed by atoms with E-state index in [2.05, 4.69) is 0 Å². The monoisotopic (exact) mass is 199 g/mol. The van der Waals surface area contributed by atoms with Crippen LogP contribution in [-0.4, -0.2) is 6.54 Å². The Hall–Kier alpha value is -0.960. The molecule has 14 heavy (non-hydrogen) atoms. The predicted octanol–water partition coefficient (Wildman–Crippen LogP) is 2.80. The number of aryl methyl sites for hydroxylation is 2. The molecule has 0 saturated carbocycles. The highest BCUT2D eigenvalue weighted by Gasteiger charge is 2.16. The Morgan fingerprint density at radius 1 is 1.36 bits per heavy atom. The first-order valence-electron chi connectivity index (χ1n) is 4.67. The second kappa shape index (κ2) is 4.51. The van der Waals surface area contributed by atoms with Crippen molar-refractivity contribution in [1.29, 1.82) is 0 Å². The van der Waals surface area contributed by atoms with Crippen molar-refractivity contribution in [3.8, 4) is 0 Å². The summed E-state index contributed by atoms with van der Waals surface area (Å²) in [5.74, 6) is -0.469. The number of rotatable bonds is 3. The quantitative estimate of drug-likeness (QED) is 0.795. The Balaban J connectivity index is 3.07. The highest BCUT2D eigenvalue weighted by atomic mass is 19.1. The van der Waals surface area contributed by atoms with Gasteiger partial charge >= 0.3 is 0 Å². The van der Waals surface area contributed by atoms with Crippen LogP contribution >= 0.6 is 0 Å². The van der Waals surface area contributed by atoms with Gasteiger partial charge in [0.1, 0.15) is 12.0 Å². The second-order valence-corrected chi connectivity index (χ2v) is 3.52. The van der Waals surface area contributed by atoms with E-state index in [0.717, 1.165) is 5.56 Å². The van der Waals surface area contributed by atoms with E-state index in [1.54, 1.807) is 19.9 Å². The molecule has 3 heteroatoms. The van der Waals surface area contributed by atoms with Crippen molar-refractivity contribution in [3.63, 3.8) is 0 Å². The van der Waals surface area contributed by atoms with Gasteiger partial charge in [-0.05, 0) is 44.0 Å². The topological polar surface area (TPSA) is 26.0 Å². The zero-order valence-corrected chi connectivity index (χ0v) is 8.48. The lowest BCUT2D eigenvalue weighted by Gasteiger charge is -2.12. The standard InChI is InChI=1S/C11H15F2N/c1-7-5-8(2)11(10(13)6-7)9(12)3-4-14/h5-6,9H,3-4,14H2,1-2H3. The Labute approximate surface area is 82.9 Å². The van der Waals surface area contributed by atoms with Gasteiger partial charge in [0.15, 0.2) is 0 Å². The largest absolute Gasteiger partial charge is 0.330 e. The molecule has 0 radical (unpaired) electrons. The summed E-state index contributed by atoms with van der Waals surface area (Å²) in [7, 11) is 0. The molecular formula is C11H15F2N. The van der Waals surface area contributed by atoms with Crippen LogP contribution in [0.2, 0.25) is 0 Å². The molecule has 1 nitrogen and oxygen atoms in total. The minimum atomic E-state index is -1.29. The fraction of sp³-hybridized carbons (Fsp3) is 0.455. The summed E-state index contributed by atoms with van der Waals surface area (Å²) in [5, 5.41) is 0. The Kier molecular flexibility index (Phi) is 3.58. The third-order valence-electron chi connectivity index (χ3n) is 2.21. The first-order chi connectivity index (χ1) is 6.56. The fourth-order valence-electron chi connectivity index (χ4n) is 1.61. The molecule has 0 spiro atoms. The molecule has 78 valence electrons. The summed E-state index contributed by atoms with van der Waals surface area (Å²) in [6.07, 6.45) is -1.12. The van der Waals surface area contributed by atoms with Crippen LogP contribution in [0.15, 0.2) is 12.1 Å². The molecule has 0 aromatic heterocycles. The van der Waals surface area contributed by atoms with E-state index in [9.17, 15) is 8.78 Å². The number of nitrogens with two attached hydrogens (primary N) is 1. The highest BCUT2D eigenvalue weighted by Crippen LogP contribution is 2.27. The summed E-state index contributed by atoms with van der Waals surface area (Å²) in [6.45, 7) is 3.73. The summed E-state index contributed by atoms with van der Waals surface area (Å²) in [5.41, 5.74) is 6.85. The Morgan fingerprint density at radius 3 is 2.50 bits per heavy atom. The van der Waals surface area contributed by atoms with E-state index in [1.807, 2.05) is 0 Å². The predicted molar refractivity (Wildman–Crippen MR) is 53.4 cm³/mol. The third kappa shape index (κ3) is 2.29. The van der Waals surface area contributed by atoms with E-state index in [-0.39, 0.29) is 18.5 Å². The number of alkyl halides is 1. The average Bonchev–Trinajstić information content (AvgIpc) is 2.01. The van der Waals surface area contributed by atoms with Gasteiger partial charge in [0.2, 0.25) is 0 Å². The molecule has 1 aromatic rings. The molecule has 0 fully saturated rings. The van der Waals surface area contributed by atoms with Gasteiger partial charge in [-0.25, -0.2) is 8.78 Å². The van der Waals surface area contributed by atoms with E-state index in [1.165, 1.54) is 6.07 Å². The van der Waals surface area contributed by atoms with Crippen molar-refractivity contribution in [2.75, 3.05) is 6.54 Å². The van der Waals surface area contributed by atoms with Gasteiger partial charge in [0.05, 0.1) is 0 Å². The third-order valence-corrected chi connectivity index (χ3v) is 2.21. The van der Waals surface area contributed by atoms with Crippen LogP contribution in [0, 0.1) is 19.7 Å². The van der Waals surface area contributed by atoms with Crippen LogP contribution in [0.4, 0.5) is 8.78 Å². The molecular weight excluding hydrogens is 184 g/mol. The smallest absolute Gasteiger partial charge is 0.129 e. The van der Waals surface area contributed by atoms with Gasteiger partial charge in [-0.3, -0.25) is 0 Å². The van der Waals surface area contributed by atoms with Crippen LogP contribution in [0.3, 0.4) is 0 Å². The highest BCUT2D eigenvalue weighted by molar-refractivity contribution is 5.33. The van der Waals surface area contributed by atoms with Gasteiger partial charge in [-0.1, -0.05) is 6.07 Å². The summed E-state index contributed by atoms with van der Waals surface area (Å²) in [4.78, 5) is 0. The molecule has 0 aliphatic heterocycles. The van der Waals surface area contributed by atoms with E-state index >= 15 is 0 Å². The van der Waals surface area contributed by atoms with E-state index in [0.29, 0.717) is 5.56 Å². The van der Waals surface area contributed by atoms with Crippen LogP contribution in [0.5, 0.6) is 0 Å². The zero-order chi connectivity index (χ0) is 10.7. The summed E-state index contributed by atoms with van der Waals surface area (Å²) >= 11 is 0. The van der Waals surface area contributed by atoms with E-state index in [4.69, 9.17) is 5.73 Å². The van der Waals surface area contributed by atoms with Crippen molar-refractivity contribution in [3.05, 3.63) is 34.6 Å². The molecule has 1 unspecified atom stereocenters. The van der Waals surface area contributed by atoms with Crippen molar-refractivity contribution in [1.82, 2.24) is 0 Å². The van der Waals surface area contributed by atoms with Gasteiger partial charge in [-0.2, -0.15) is 0 Å². The Bertz CT molecular complexity index is 300. The SMILES string of the molecule is Cc1cc(C)c(C(F)CCN)c(F)c1. The van der Waals surface area contributed by atoms with Crippen LogP contribution in [0.1, 0.15) is 29.3 Å². The Morgan fingerprint density at radius 2 is 2.00 bits per heavy atom. The zero-order valence-electron chi connectivity index (χ0n) is 8.48. The lowest BCUT2D eigenvalue weighted by atomic mass is 9.99. The average molecular weight is 199 g/mol. The van der Waals surface area contributed by atoms with Gasteiger partial charge in [0, 0.05) is 5.56 Å². The maximum absolute atomic E-state index is 13.5. The lowest BCUT2D eigenvalue weighted by Crippen LogP contribution is -2.07. The van der Waals surface area contributed by atoms with Crippen molar-refractivity contribution in [2.45, 2.75) is 26.4 Å². The fourth-order valence-corrected chi connectivity index (χ4v) is 1.61. The molecule has 1 aromatic carbocycles. The first kappa shape index (κ1) is 11.1. The van der Waals surface area contributed by atoms with Gasteiger partial charge < -0.3 is 5.73 Å². The molecule has 1 atom stereocenters. The van der Waals surface area contributed by atoms with Crippen molar-refractivity contribution >= 4 is 0 Å². The lowest BCUT2D eigenvalue weighted by molar-refractivity contribution is 0.316.